The van der Waals surface area contributed by atoms with Gasteiger partial charge in [-0.15, -0.1) is 0 Å². The maximum Gasteiger partial charge on any atom is 0.251 e. The van der Waals surface area contributed by atoms with E-state index >= 15 is 0 Å². The molecule has 2 atom stereocenters. The lowest BCUT2D eigenvalue weighted by atomic mass is 9.95. The quantitative estimate of drug-likeness (QED) is 0.615. The molecule has 1 amide bonds. The van der Waals surface area contributed by atoms with E-state index in [4.69, 9.17) is 10.5 Å². The highest BCUT2D eigenvalue weighted by molar-refractivity contribution is 5.94. The molecule has 0 saturated carbocycles. The fraction of sp³-hybridized carbons (Fsp3) is 0.222. The van der Waals surface area contributed by atoms with Crippen LogP contribution in [0.3, 0.4) is 0 Å². The molecule has 33 heavy (non-hydrogen) atoms. The van der Waals surface area contributed by atoms with Crippen LogP contribution in [-0.4, -0.2) is 29.9 Å². The van der Waals surface area contributed by atoms with E-state index in [2.05, 4.69) is 22.4 Å². The zero-order valence-electron chi connectivity index (χ0n) is 18.0. The zero-order valence-corrected chi connectivity index (χ0v) is 18.0. The first-order valence-electron chi connectivity index (χ1n) is 10.8. The Bertz CT molecular complexity index is 1190. The number of benzene rings is 3. The number of nitrogens with one attached hydrogen (secondary N) is 1. The molecule has 6 heteroatoms. The van der Waals surface area contributed by atoms with E-state index < -0.39 is 6.67 Å². The third-order valence-electron chi connectivity index (χ3n) is 6.00. The molecule has 3 aromatic rings. The lowest BCUT2D eigenvalue weighted by Gasteiger charge is -2.29. The van der Waals surface area contributed by atoms with Gasteiger partial charge < -0.3 is 5.32 Å². The molecular formula is C27H23FN4O. The van der Waals surface area contributed by atoms with Crippen LogP contribution in [0.4, 0.5) is 4.39 Å². The average Bonchev–Trinajstić information content (AvgIpc) is 3.32. The van der Waals surface area contributed by atoms with Crippen molar-refractivity contribution in [3.63, 3.8) is 0 Å². The fourth-order valence-corrected chi connectivity index (χ4v) is 4.25. The molecule has 0 spiro atoms. The Morgan fingerprint density at radius 3 is 2.03 bits per heavy atom. The van der Waals surface area contributed by atoms with E-state index in [1.165, 1.54) is 0 Å². The maximum atomic E-state index is 13.0. The molecule has 1 aliphatic rings. The molecule has 0 aliphatic carbocycles. The highest BCUT2D eigenvalue weighted by Crippen LogP contribution is 2.32. The number of rotatable bonds is 6. The number of halogens is 1. The summed E-state index contributed by atoms with van der Waals surface area (Å²) >= 11 is 0. The van der Waals surface area contributed by atoms with Crippen LogP contribution in [0.5, 0.6) is 0 Å². The fourth-order valence-electron chi connectivity index (χ4n) is 4.25. The largest absolute Gasteiger partial charge is 0.348 e. The van der Waals surface area contributed by atoms with Crippen LogP contribution in [0, 0.1) is 22.7 Å². The van der Waals surface area contributed by atoms with Gasteiger partial charge in [0.15, 0.2) is 0 Å². The third kappa shape index (κ3) is 5.09. The molecule has 1 N–H and O–H groups in total. The molecule has 164 valence electrons. The minimum Gasteiger partial charge on any atom is -0.348 e. The molecular weight excluding hydrogens is 415 g/mol. The van der Waals surface area contributed by atoms with Crippen LogP contribution in [0.1, 0.15) is 50.6 Å². The monoisotopic (exact) mass is 438 g/mol. The van der Waals surface area contributed by atoms with E-state index in [1.54, 1.807) is 48.5 Å². The molecule has 0 bridgehead atoms. The number of carbonyl (C=O) groups excluding carboxylic acids is 1. The molecule has 1 fully saturated rings. The lowest BCUT2D eigenvalue weighted by molar-refractivity contribution is 0.0937. The summed E-state index contributed by atoms with van der Waals surface area (Å²) in [5.74, 6) is -0.159. The first-order valence-corrected chi connectivity index (χ1v) is 10.8. The van der Waals surface area contributed by atoms with Crippen molar-refractivity contribution in [2.75, 3.05) is 13.1 Å². The number of amides is 1. The van der Waals surface area contributed by atoms with Gasteiger partial charge in [0, 0.05) is 24.7 Å². The number of alkyl halides is 1. The van der Waals surface area contributed by atoms with E-state index in [0.29, 0.717) is 28.8 Å². The predicted molar refractivity (Wildman–Crippen MR) is 123 cm³/mol. The van der Waals surface area contributed by atoms with Crippen LogP contribution in [0.25, 0.3) is 0 Å². The Morgan fingerprint density at radius 1 is 0.939 bits per heavy atom. The topological polar surface area (TPSA) is 79.9 Å². The van der Waals surface area contributed by atoms with Gasteiger partial charge in [0.25, 0.3) is 5.91 Å². The van der Waals surface area contributed by atoms with Gasteiger partial charge in [-0.05, 0) is 59.5 Å². The molecule has 1 unspecified atom stereocenters. The molecule has 4 rings (SSSR count). The van der Waals surface area contributed by atoms with Crippen molar-refractivity contribution >= 4 is 5.91 Å². The molecule has 1 saturated heterocycles. The smallest absolute Gasteiger partial charge is 0.251 e. The Morgan fingerprint density at radius 2 is 1.48 bits per heavy atom. The van der Waals surface area contributed by atoms with E-state index in [1.807, 2.05) is 24.3 Å². The molecule has 0 radical (unpaired) electrons. The van der Waals surface area contributed by atoms with Crippen LogP contribution in [0.15, 0.2) is 72.8 Å². The zero-order chi connectivity index (χ0) is 23.2. The Labute approximate surface area is 192 Å². The number of hydrogen-bond acceptors (Lipinski definition) is 4. The van der Waals surface area contributed by atoms with E-state index in [9.17, 15) is 9.18 Å². The number of nitriles is 2. The minimum absolute atomic E-state index is 0.0147. The van der Waals surface area contributed by atoms with E-state index in [-0.39, 0.29) is 18.0 Å². The highest BCUT2D eigenvalue weighted by atomic mass is 19.1. The minimum atomic E-state index is -0.505. The summed E-state index contributed by atoms with van der Waals surface area (Å²) in [5.41, 5.74) is 4.35. The van der Waals surface area contributed by atoms with Crippen molar-refractivity contribution in [1.82, 2.24) is 10.2 Å². The van der Waals surface area contributed by atoms with Crippen molar-refractivity contribution in [2.24, 2.45) is 0 Å². The number of hydrogen-bond donors (Lipinski definition) is 1. The van der Waals surface area contributed by atoms with Gasteiger partial charge in [-0.25, -0.2) is 4.39 Å². The van der Waals surface area contributed by atoms with Crippen molar-refractivity contribution in [1.29, 1.82) is 10.5 Å². The molecule has 0 aromatic heterocycles. The van der Waals surface area contributed by atoms with Crippen molar-refractivity contribution < 1.29 is 9.18 Å². The van der Waals surface area contributed by atoms with Crippen LogP contribution in [-0.2, 0) is 6.67 Å². The maximum absolute atomic E-state index is 13.0. The Balaban J connectivity index is 1.52. The summed E-state index contributed by atoms with van der Waals surface area (Å²) in [5, 5.41) is 21.2. The molecule has 1 heterocycles. The number of carbonyl (C=O) groups is 1. The Hall–Kier alpha value is -4.00. The van der Waals surface area contributed by atoms with Gasteiger partial charge in [0.2, 0.25) is 0 Å². The van der Waals surface area contributed by atoms with Gasteiger partial charge in [0.05, 0.1) is 29.3 Å². The average molecular weight is 439 g/mol. The second kappa shape index (κ2) is 10.1. The first-order chi connectivity index (χ1) is 16.1. The van der Waals surface area contributed by atoms with Crippen molar-refractivity contribution in [3.8, 4) is 12.1 Å². The highest BCUT2D eigenvalue weighted by Gasteiger charge is 2.31. The van der Waals surface area contributed by atoms with Gasteiger partial charge in [-0.1, -0.05) is 36.4 Å². The summed E-state index contributed by atoms with van der Waals surface area (Å²) in [7, 11) is 0. The van der Waals surface area contributed by atoms with Crippen molar-refractivity contribution in [2.45, 2.75) is 25.2 Å². The summed E-state index contributed by atoms with van der Waals surface area (Å²) in [6.07, 6.45) is 0.803. The number of nitrogens with zero attached hydrogens (tertiary/aromatic N) is 3. The van der Waals surface area contributed by atoms with Gasteiger partial charge in [-0.2, -0.15) is 10.5 Å². The van der Waals surface area contributed by atoms with Crippen LogP contribution in [0.2, 0.25) is 0 Å². The summed E-state index contributed by atoms with van der Waals surface area (Å²) in [4.78, 5) is 15.0. The summed E-state index contributed by atoms with van der Waals surface area (Å²) in [6.45, 7) is 0.945. The second-order valence-corrected chi connectivity index (χ2v) is 8.15. The standard InChI is InChI=1S/C27H23FN4O/c28-15-19-1-7-22(8-2-19)26(23-9-3-20(16-29)4-10-23)32-14-13-25(18-32)31-27(33)24-11-5-21(17-30)6-12-24/h1-12,25-26H,13-15,18H2,(H,31,33)/t25-,26?/m1/s1. The van der Waals surface area contributed by atoms with E-state index in [0.717, 1.165) is 24.1 Å². The van der Waals surface area contributed by atoms with Crippen LogP contribution >= 0.6 is 0 Å². The Kier molecular flexibility index (Phi) is 6.78. The molecule has 5 nitrogen and oxygen atoms in total. The predicted octanol–water partition coefficient (Wildman–Crippen LogP) is 4.49. The first kappa shape index (κ1) is 22.2. The van der Waals surface area contributed by atoms with Gasteiger partial charge in [-0.3, -0.25) is 9.69 Å². The summed E-state index contributed by atoms with van der Waals surface area (Å²) < 4.78 is 13.0. The lowest BCUT2D eigenvalue weighted by Crippen LogP contribution is -2.38. The SMILES string of the molecule is N#Cc1ccc(C(=O)N[C@@H]2CCN(C(c3ccc(C#N)cc3)c3ccc(CF)cc3)C2)cc1. The van der Waals surface area contributed by atoms with Gasteiger partial charge in [0.1, 0.15) is 6.67 Å². The normalized spacial score (nSPS) is 16.5. The number of likely N-dealkylation sites (tertiary alicyclic amines) is 1. The van der Waals surface area contributed by atoms with Gasteiger partial charge >= 0.3 is 0 Å². The molecule has 3 aromatic carbocycles. The summed E-state index contributed by atoms with van der Waals surface area (Å²) in [6, 6.07) is 25.7. The third-order valence-corrected chi connectivity index (χ3v) is 6.00. The van der Waals surface area contributed by atoms with Crippen molar-refractivity contribution in [3.05, 3.63) is 106 Å². The second-order valence-electron chi connectivity index (χ2n) is 8.15. The molecule has 1 aliphatic heterocycles. The van der Waals surface area contributed by atoms with Crippen LogP contribution < -0.4 is 5.32 Å².